The smallest absolute Gasteiger partial charge is 0.0162 e. The Morgan fingerprint density at radius 1 is 0.432 bits per heavy atom. The average Bonchev–Trinajstić information content (AvgIpc) is 2.96. The Morgan fingerprint density at radius 2 is 0.784 bits per heavy atom. The summed E-state index contributed by atoms with van der Waals surface area (Å²) in [6, 6.07) is 19.3. The zero-order valence-electron chi connectivity index (χ0n) is 24.4. The summed E-state index contributed by atoms with van der Waals surface area (Å²) < 4.78 is 0. The van der Waals surface area contributed by atoms with Crippen molar-refractivity contribution in [1.82, 2.24) is 0 Å². The van der Waals surface area contributed by atoms with Crippen molar-refractivity contribution in [1.29, 1.82) is 0 Å². The Balaban J connectivity index is 1.20. The van der Waals surface area contributed by atoms with Gasteiger partial charge in [0, 0.05) is 0 Å². The van der Waals surface area contributed by atoms with E-state index < -0.39 is 0 Å². The van der Waals surface area contributed by atoms with E-state index in [0.29, 0.717) is 0 Å². The van der Waals surface area contributed by atoms with E-state index >= 15 is 0 Å². The van der Waals surface area contributed by atoms with Crippen molar-refractivity contribution in [2.75, 3.05) is 0 Å². The molecule has 204 valence electrons. The highest BCUT2D eigenvalue weighted by molar-refractivity contribution is 5.64. The molecule has 0 saturated heterocycles. The molecule has 0 radical (unpaired) electrons. The maximum absolute atomic E-state index is 2.43. The molecule has 0 heteroatoms. The van der Waals surface area contributed by atoms with E-state index in [1.165, 1.54) is 133 Å². The highest BCUT2D eigenvalue weighted by atomic mass is 14.3. The fraction of sp³-hybridized carbons (Fsp3) is 0.676. The third-order valence-corrected chi connectivity index (χ3v) is 9.97. The summed E-state index contributed by atoms with van der Waals surface area (Å²) in [6.07, 6.45) is 27.1. The second-order valence-electron chi connectivity index (χ2n) is 12.7. The molecule has 0 bridgehead atoms. The van der Waals surface area contributed by atoms with Crippen molar-refractivity contribution in [3.8, 4) is 11.1 Å². The van der Waals surface area contributed by atoms with Gasteiger partial charge in [-0.05, 0) is 97.3 Å². The molecule has 0 unspecified atom stereocenters. The van der Waals surface area contributed by atoms with Crippen LogP contribution in [0.4, 0.5) is 0 Å². The summed E-state index contributed by atoms with van der Waals surface area (Å²) in [5, 5.41) is 0. The van der Waals surface area contributed by atoms with Gasteiger partial charge in [-0.3, -0.25) is 0 Å². The maximum atomic E-state index is 2.43. The van der Waals surface area contributed by atoms with Crippen LogP contribution in [0.2, 0.25) is 0 Å². The largest absolute Gasteiger partial charge is 0.0654 e. The second kappa shape index (κ2) is 15.8. The van der Waals surface area contributed by atoms with Crippen molar-refractivity contribution in [2.24, 2.45) is 11.8 Å². The summed E-state index contributed by atoms with van der Waals surface area (Å²) >= 11 is 0. The van der Waals surface area contributed by atoms with Gasteiger partial charge < -0.3 is 0 Å². The molecule has 0 aromatic heterocycles. The zero-order chi connectivity index (χ0) is 25.7. The van der Waals surface area contributed by atoms with Gasteiger partial charge in [-0.25, -0.2) is 0 Å². The van der Waals surface area contributed by atoms with E-state index in [-0.39, 0.29) is 0 Å². The van der Waals surface area contributed by atoms with E-state index in [1.807, 2.05) is 0 Å². The van der Waals surface area contributed by atoms with Gasteiger partial charge in [-0.15, -0.1) is 0 Å². The van der Waals surface area contributed by atoms with Gasteiger partial charge in [0.25, 0.3) is 0 Å². The van der Waals surface area contributed by atoms with Gasteiger partial charge in [0.1, 0.15) is 0 Å². The lowest BCUT2D eigenvalue weighted by Crippen LogP contribution is -2.13. The number of unbranched alkanes of at least 4 members (excludes halogenated alkanes) is 7. The molecular formula is C37H56. The van der Waals surface area contributed by atoms with Crippen LogP contribution in [-0.4, -0.2) is 0 Å². The summed E-state index contributed by atoms with van der Waals surface area (Å²) in [4.78, 5) is 0. The van der Waals surface area contributed by atoms with Crippen LogP contribution in [0.15, 0.2) is 48.5 Å². The van der Waals surface area contributed by atoms with E-state index in [0.717, 1.165) is 23.7 Å². The number of hydrogen-bond acceptors (Lipinski definition) is 0. The summed E-state index contributed by atoms with van der Waals surface area (Å²) in [6.45, 7) is 4.62. The molecule has 37 heavy (non-hydrogen) atoms. The number of benzene rings is 2. The van der Waals surface area contributed by atoms with Gasteiger partial charge in [-0.2, -0.15) is 0 Å². The minimum absolute atomic E-state index is 0.787. The fourth-order valence-electron chi connectivity index (χ4n) is 7.36. The van der Waals surface area contributed by atoms with Crippen LogP contribution < -0.4 is 0 Å². The molecule has 2 aromatic rings. The lowest BCUT2D eigenvalue weighted by Gasteiger charge is -2.29. The van der Waals surface area contributed by atoms with Crippen LogP contribution in [0.1, 0.15) is 159 Å². The summed E-state index contributed by atoms with van der Waals surface area (Å²) in [7, 11) is 0. The van der Waals surface area contributed by atoms with Crippen molar-refractivity contribution in [2.45, 2.75) is 148 Å². The molecule has 2 aromatic carbocycles. The first-order valence-corrected chi connectivity index (χ1v) is 16.5. The predicted octanol–water partition coefficient (Wildman–Crippen LogP) is 12.2. The Bertz CT molecular complexity index is 844. The van der Waals surface area contributed by atoms with Gasteiger partial charge in [0.15, 0.2) is 0 Å². The van der Waals surface area contributed by atoms with E-state index in [2.05, 4.69) is 62.4 Å². The molecule has 0 nitrogen and oxygen atoms in total. The molecule has 0 N–H and O–H groups in total. The lowest BCUT2D eigenvalue weighted by atomic mass is 9.76. The first kappa shape index (κ1) is 28.4. The maximum Gasteiger partial charge on any atom is -0.0162 e. The third-order valence-electron chi connectivity index (χ3n) is 9.97. The highest BCUT2D eigenvalue weighted by Crippen LogP contribution is 2.40. The molecule has 0 atom stereocenters. The minimum atomic E-state index is 0.787. The van der Waals surface area contributed by atoms with Crippen LogP contribution in [0.25, 0.3) is 11.1 Å². The average molecular weight is 501 g/mol. The molecule has 2 aliphatic carbocycles. The number of rotatable bonds is 14. The monoisotopic (exact) mass is 500 g/mol. The molecular weight excluding hydrogens is 444 g/mol. The molecule has 4 rings (SSSR count). The van der Waals surface area contributed by atoms with Crippen molar-refractivity contribution in [3.05, 3.63) is 59.7 Å². The molecule has 0 aliphatic heterocycles. The quantitative estimate of drug-likeness (QED) is 0.226. The molecule has 2 saturated carbocycles. The fourth-order valence-corrected chi connectivity index (χ4v) is 7.36. The lowest BCUT2D eigenvalue weighted by molar-refractivity contribution is 0.302. The van der Waals surface area contributed by atoms with Gasteiger partial charge in [0.2, 0.25) is 0 Å². The van der Waals surface area contributed by atoms with Gasteiger partial charge >= 0.3 is 0 Å². The normalized spacial score (nSPS) is 24.3. The van der Waals surface area contributed by atoms with E-state index in [1.54, 1.807) is 11.1 Å². The van der Waals surface area contributed by atoms with E-state index in [4.69, 9.17) is 0 Å². The van der Waals surface area contributed by atoms with Gasteiger partial charge in [-0.1, -0.05) is 133 Å². The number of hydrogen-bond donors (Lipinski definition) is 0. The molecule has 2 aliphatic rings. The molecule has 0 amide bonds. The molecule has 2 fully saturated rings. The minimum Gasteiger partial charge on any atom is -0.0654 e. The Kier molecular flexibility index (Phi) is 12.1. The topological polar surface area (TPSA) is 0 Å². The predicted molar refractivity (Wildman–Crippen MR) is 163 cm³/mol. The van der Waals surface area contributed by atoms with Crippen LogP contribution >= 0.6 is 0 Å². The van der Waals surface area contributed by atoms with Crippen molar-refractivity contribution >= 4 is 0 Å². The standard InChI is InChI=1S/C37H56/c1-3-5-7-9-11-13-31-16-20-33(21-17-31)35-24-28-37(29-25-35)36-26-22-34(23-27-36)32-18-14-30(15-19-32)12-10-8-6-4-2/h22-33H,3-21H2,1-2H3. The first-order valence-electron chi connectivity index (χ1n) is 16.5. The molecule has 0 spiro atoms. The second-order valence-corrected chi connectivity index (χ2v) is 12.7. The summed E-state index contributed by atoms with van der Waals surface area (Å²) in [5.74, 6) is 3.57. The first-order chi connectivity index (χ1) is 18.3. The Morgan fingerprint density at radius 3 is 1.16 bits per heavy atom. The Labute approximate surface area is 230 Å². The SMILES string of the molecule is CCCCCCCC1CCC(c2ccc(-c3ccc(C4CCC(CCCCCC)CC4)cc3)cc2)CC1. The summed E-state index contributed by atoms with van der Waals surface area (Å²) in [5.41, 5.74) is 5.92. The highest BCUT2D eigenvalue weighted by Gasteiger charge is 2.23. The van der Waals surface area contributed by atoms with Crippen LogP contribution in [0.5, 0.6) is 0 Å². The van der Waals surface area contributed by atoms with Crippen LogP contribution in [0, 0.1) is 11.8 Å². The van der Waals surface area contributed by atoms with E-state index in [9.17, 15) is 0 Å². The van der Waals surface area contributed by atoms with Gasteiger partial charge in [0.05, 0.1) is 0 Å². The zero-order valence-corrected chi connectivity index (χ0v) is 24.4. The molecule has 0 heterocycles. The van der Waals surface area contributed by atoms with Crippen molar-refractivity contribution < 1.29 is 0 Å². The van der Waals surface area contributed by atoms with Crippen LogP contribution in [-0.2, 0) is 0 Å². The van der Waals surface area contributed by atoms with Crippen LogP contribution in [0.3, 0.4) is 0 Å². The van der Waals surface area contributed by atoms with Crippen molar-refractivity contribution in [3.63, 3.8) is 0 Å². The Hall–Kier alpha value is -1.56. The third kappa shape index (κ3) is 9.01.